The summed E-state index contributed by atoms with van der Waals surface area (Å²) in [6.07, 6.45) is 9.90. The first-order valence-electron chi connectivity index (χ1n) is 15.4. The molecule has 0 radical (unpaired) electrons. The van der Waals surface area contributed by atoms with Crippen LogP contribution in [0, 0.1) is 23.7 Å². The van der Waals surface area contributed by atoms with Gasteiger partial charge in [0.25, 0.3) is 0 Å². The van der Waals surface area contributed by atoms with Crippen LogP contribution in [-0.4, -0.2) is 102 Å². The molecule has 2 saturated heterocycles. The Morgan fingerprint density at radius 2 is 1.42 bits per heavy atom. The third-order valence-electron chi connectivity index (χ3n) is 10.3. The number of piperazine rings is 1. The summed E-state index contributed by atoms with van der Waals surface area (Å²) in [5.74, 6) is 2.18. The molecule has 3 amide bonds. The molecule has 8 nitrogen and oxygen atoms in total. The second-order valence-electron chi connectivity index (χ2n) is 13.5. The highest BCUT2D eigenvalue weighted by molar-refractivity contribution is 5.82. The molecule has 3 saturated carbocycles. The zero-order valence-corrected chi connectivity index (χ0v) is 24.3. The number of ether oxygens (including phenoxy) is 1. The molecular formula is C30H50N4O4. The van der Waals surface area contributed by atoms with Gasteiger partial charge in [-0.05, 0) is 111 Å². The minimum Gasteiger partial charge on any atom is -0.447 e. The van der Waals surface area contributed by atoms with E-state index in [0.717, 1.165) is 77.3 Å². The topological polar surface area (TPSA) is 73.4 Å². The average molecular weight is 531 g/mol. The number of likely N-dealkylation sites (N-methyl/N-ethyl adjacent to an activating group) is 1. The van der Waals surface area contributed by atoms with Gasteiger partial charge < -0.3 is 24.3 Å². The molecule has 5 aliphatic rings. The highest BCUT2D eigenvalue weighted by atomic mass is 16.6. The first-order valence-corrected chi connectivity index (χ1v) is 15.4. The smallest absolute Gasteiger partial charge is 0.410 e. The minimum absolute atomic E-state index is 0.0275. The second kappa shape index (κ2) is 11.3. The molecule has 0 aromatic heterocycles. The van der Waals surface area contributed by atoms with Gasteiger partial charge in [-0.1, -0.05) is 0 Å². The molecule has 2 heterocycles. The Balaban J connectivity index is 1.22. The molecule has 0 spiro atoms. The quantitative estimate of drug-likeness (QED) is 0.538. The predicted octanol–water partition coefficient (Wildman–Crippen LogP) is 3.98. The molecule has 5 rings (SSSR count). The van der Waals surface area contributed by atoms with E-state index in [2.05, 4.69) is 35.7 Å². The van der Waals surface area contributed by atoms with E-state index in [-0.39, 0.29) is 42.2 Å². The lowest BCUT2D eigenvalue weighted by molar-refractivity contribution is -0.146. The van der Waals surface area contributed by atoms with Crippen molar-refractivity contribution in [2.75, 3.05) is 33.7 Å². The van der Waals surface area contributed by atoms with E-state index < -0.39 is 0 Å². The Bertz CT molecular complexity index is 881. The summed E-state index contributed by atoms with van der Waals surface area (Å²) in [6, 6.07) is 0.645. The molecule has 0 bridgehead atoms. The summed E-state index contributed by atoms with van der Waals surface area (Å²) in [7, 11) is 4.21. The van der Waals surface area contributed by atoms with Crippen LogP contribution < -0.4 is 0 Å². The predicted molar refractivity (Wildman–Crippen MR) is 146 cm³/mol. The number of carbonyl (C=O) groups excluding carboxylic acids is 3. The lowest BCUT2D eigenvalue weighted by atomic mass is 9.68. The first kappa shape index (κ1) is 27.7. The number of fused-ring (bicyclic) bond motifs is 1. The van der Waals surface area contributed by atoms with Gasteiger partial charge >= 0.3 is 6.09 Å². The second-order valence-corrected chi connectivity index (χ2v) is 13.5. The minimum atomic E-state index is -0.225. The first-order chi connectivity index (χ1) is 18.1. The number of hydrogen-bond donors (Lipinski definition) is 0. The van der Waals surface area contributed by atoms with Crippen molar-refractivity contribution < 1.29 is 19.1 Å². The lowest BCUT2D eigenvalue weighted by Gasteiger charge is -2.54. The Labute approximate surface area is 229 Å². The fraction of sp³-hybridized carbons (Fsp3) is 0.900. The maximum Gasteiger partial charge on any atom is 0.410 e. The summed E-state index contributed by atoms with van der Waals surface area (Å²) >= 11 is 0. The van der Waals surface area contributed by atoms with Crippen LogP contribution in [0.25, 0.3) is 0 Å². The molecule has 0 N–H and O–H groups in total. The highest BCUT2D eigenvalue weighted by Gasteiger charge is 2.51. The monoisotopic (exact) mass is 530 g/mol. The van der Waals surface area contributed by atoms with Crippen LogP contribution in [-0.2, 0) is 14.3 Å². The van der Waals surface area contributed by atoms with E-state index in [1.165, 1.54) is 0 Å². The molecule has 8 heteroatoms. The zero-order valence-electron chi connectivity index (χ0n) is 24.3. The van der Waals surface area contributed by atoms with Gasteiger partial charge in [0, 0.05) is 43.6 Å². The molecule has 2 aliphatic heterocycles. The van der Waals surface area contributed by atoms with Crippen molar-refractivity contribution in [1.82, 2.24) is 19.6 Å². The number of amides is 3. The summed E-state index contributed by atoms with van der Waals surface area (Å²) in [5.41, 5.74) is 0. The number of hydrogen-bond acceptors (Lipinski definition) is 5. The van der Waals surface area contributed by atoms with Crippen LogP contribution >= 0.6 is 0 Å². The van der Waals surface area contributed by atoms with Crippen molar-refractivity contribution in [2.24, 2.45) is 23.7 Å². The standard InChI is InChI=1S/C30H50N4O4/c1-19(2)38-30(37)33-17-20(3)34(29(36)23-10-11-23)26-13-12-24(16-27(26)33)21-6-8-22(9-7-21)28(35)32-15-14-25(18-32)31(4)5/h19-27H,6-18H2,1-5H3/t20-,21?,22?,24?,25-,26?,27?/m0/s1. The number of rotatable bonds is 5. The summed E-state index contributed by atoms with van der Waals surface area (Å²) in [6.45, 7) is 8.22. The van der Waals surface area contributed by atoms with E-state index >= 15 is 0 Å². The van der Waals surface area contributed by atoms with Crippen LogP contribution in [0.4, 0.5) is 4.79 Å². The zero-order chi connectivity index (χ0) is 27.1. The molecule has 0 aromatic carbocycles. The van der Waals surface area contributed by atoms with Crippen molar-refractivity contribution in [3.8, 4) is 0 Å². The number of carbonyl (C=O) groups is 3. The molecule has 38 heavy (non-hydrogen) atoms. The van der Waals surface area contributed by atoms with Gasteiger partial charge in [0.15, 0.2) is 0 Å². The fourth-order valence-electron chi connectivity index (χ4n) is 7.95. The van der Waals surface area contributed by atoms with Crippen molar-refractivity contribution >= 4 is 17.9 Å². The van der Waals surface area contributed by atoms with Crippen LogP contribution in [0.15, 0.2) is 0 Å². The van der Waals surface area contributed by atoms with Crippen LogP contribution in [0.3, 0.4) is 0 Å². The van der Waals surface area contributed by atoms with Crippen LogP contribution in [0.2, 0.25) is 0 Å². The fourth-order valence-corrected chi connectivity index (χ4v) is 7.95. The van der Waals surface area contributed by atoms with Gasteiger partial charge in [0.1, 0.15) is 0 Å². The van der Waals surface area contributed by atoms with Gasteiger partial charge in [-0.2, -0.15) is 0 Å². The van der Waals surface area contributed by atoms with E-state index in [9.17, 15) is 14.4 Å². The van der Waals surface area contributed by atoms with Crippen molar-refractivity contribution in [2.45, 2.75) is 115 Å². The van der Waals surface area contributed by atoms with Gasteiger partial charge in [0.2, 0.25) is 11.8 Å². The molecule has 0 aromatic rings. The van der Waals surface area contributed by atoms with E-state index in [0.29, 0.717) is 36.2 Å². The van der Waals surface area contributed by atoms with Gasteiger partial charge in [0.05, 0.1) is 18.2 Å². The van der Waals surface area contributed by atoms with Crippen molar-refractivity contribution in [3.05, 3.63) is 0 Å². The van der Waals surface area contributed by atoms with Crippen molar-refractivity contribution in [3.63, 3.8) is 0 Å². The SMILES string of the molecule is CC(C)OC(=O)N1C[C@H](C)N(C(=O)C2CC2)C2CCC(C3CCC(C(=O)N4CC[C@H](N(C)C)C4)CC3)CC21. The van der Waals surface area contributed by atoms with E-state index in [1.54, 1.807) is 0 Å². The molecule has 3 aliphatic carbocycles. The molecule has 214 valence electrons. The summed E-state index contributed by atoms with van der Waals surface area (Å²) < 4.78 is 5.67. The van der Waals surface area contributed by atoms with Crippen LogP contribution in [0.1, 0.15) is 85.0 Å². The van der Waals surface area contributed by atoms with Gasteiger partial charge in [-0.15, -0.1) is 0 Å². The Kier molecular flexibility index (Phi) is 8.28. The van der Waals surface area contributed by atoms with E-state index in [4.69, 9.17) is 4.74 Å². The third kappa shape index (κ3) is 5.71. The van der Waals surface area contributed by atoms with Crippen molar-refractivity contribution in [1.29, 1.82) is 0 Å². The largest absolute Gasteiger partial charge is 0.447 e. The van der Waals surface area contributed by atoms with Gasteiger partial charge in [-0.25, -0.2) is 4.79 Å². The maximum absolute atomic E-state index is 13.3. The highest BCUT2D eigenvalue weighted by Crippen LogP contribution is 2.45. The normalized spacial score (nSPS) is 36.0. The average Bonchev–Trinajstić information content (AvgIpc) is 3.62. The molecule has 5 atom stereocenters. The Hall–Kier alpha value is -1.83. The van der Waals surface area contributed by atoms with Gasteiger partial charge in [-0.3, -0.25) is 9.59 Å². The molecule has 5 fully saturated rings. The summed E-state index contributed by atoms with van der Waals surface area (Å²) in [5, 5.41) is 0. The van der Waals surface area contributed by atoms with Crippen LogP contribution in [0.5, 0.6) is 0 Å². The maximum atomic E-state index is 13.3. The summed E-state index contributed by atoms with van der Waals surface area (Å²) in [4.78, 5) is 48.2. The Morgan fingerprint density at radius 3 is 2.03 bits per heavy atom. The third-order valence-corrected chi connectivity index (χ3v) is 10.3. The lowest BCUT2D eigenvalue weighted by Crippen LogP contribution is -2.67. The number of nitrogens with zero attached hydrogens (tertiary/aromatic N) is 4. The van der Waals surface area contributed by atoms with E-state index in [1.807, 2.05) is 18.7 Å². The molecular weight excluding hydrogens is 480 g/mol. The Morgan fingerprint density at radius 1 is 0.789 bits per heavy atom. The molecule has 3 unspecified atom stereocenters. The number of likely N-dealkylation sites (tertiary alicyclic amines) is 1.